The number of rotatable bonds is 6. The molecule has 0 bridgehead atoms. The maximum Gasteiger partial charge on any atom is 0.326 e. The van der Waals surface area contributed by atoms with E-state index in [2.05, 4.69) is 15.4 Å². The standard InChI is InChI=1S/C11H18N2O6/c1-18-9(14)5-8(10(15)16)13-11(17)12-6-7-3-2-4-19-7/h7-8H,2-6H2,1H3,(H,15,16)(H2,12,13,17)/t7?,8-/m0/s1. The van der Waals surface area contributed by atoms with E-state index in [0.29, 0.717) is 13.2 Å². The smallest absolute Gasteiger partial charge is 0.326 e. The summed E-state index contributed by atoms with van der Waals surface area (Å²) in [7, 11) is 1.15. The maximum absolute atomic E-state index is 11.5. The van der Waals surface area contributed by atoms with Gasteiger partial charge in [-0.1, -0.05) is 0 Å². The normalized spacial score (nSPS) is 19.5. The van der Waals surface area contributed by atoms with Crippen LogP contribution in [0, 0.1) is 0 Å². The van der Waals surface area contributed by atoms with Gasteiger partial charge in [-0.3, -0.25) is 4.79 Å². The van der Waals surface area contributed by atoms with Crippen LogP contribution in [0.5, 0.6) is 0 Å². The van der Waals surface area contributed by atoms with E-state index in [1.807, 2.05) is 0 Å². The lowest BCUT2D eigenvalue weighted by atomic mass is 10.2. The monoisotopic (exact) mass is 274 g/mol. The zero-order chi connectivity index (χ0) is 14.3. The number of carboxylic acids is 1. The Morgan fingerprint density at radius 1 is 1.47 bits per heavy atom. The van der Waals surface area contributed by atoms with Crippen molar-refractivity contribution in [3.63, 3.8) is 0 Å². The van der Waals surface area contributed by atoms with Gasteiger partial charge in [-0.2, -0.15) is 0 Å². The lowest BCUT2D eigenvalue weighted by molar-refractivity contribution is -0.147. The van der Waals surface area contributed by atoms with Crippen molar-refractivity contribution >= 4 is 18.0 Å². The van der Waals surface area contributed by atoms with Gasteiger partial charge in [0.1, 0.15) is 6.04 Å². The topological polar surface area (TPSA) is 114 Å². The fourth-order valence-corrected chi connectivity index (χ4v) is 1.67. The third-order valence-corrected chi connectivity index (χ3v) is 2.72. The van der Waals surface area contributed by atoms with Crippen LogP contribution in [0.2, 0.25) is 0 Å². The second-order valence-corrected chi connectivity index (χ2v) is 4.16. The highest BCUT2D eigenvalue weighted by atomic mass is 16.5. The molecule has 8 nitrogen and oxygen atoms in total. The summed E-state index contributed by atoms with van der Waals surface area (Å²) in [4.78, 5) is 33.4. The largest absolute Gasteiger partial charge is 0.480 e. The second-order valence-electron chi connectivity index (χ2n) is 4.16. The number of hydrogen-bond donors (Lipinski definition) is 3. The van der Waals surface area contributed by atoms with E-state index in [9.17, 15) is 14.4 Å². The predicted molar refractivity (Wildman–Crippen MR) is 63.6 cm³/mol. The highest BCUT2D eigenvalue weighted by Crippen LogP contribution is 2.10. The molecule has 108 valence electrons. The average molecular weight is 274 g/mol. The molecule has 19 heavy (non-hydrogen) atoms. The number of carboxylic acid groups (broad SMARTS) is 1. The van der Waals surface area contributed by atoms with Gasteiger partial charge in [0.15, 0.2) is 0 Å². The van der Waals surface area contributed by atoms with Crippen molar-refractivity contribution < 1.29 is 29.0 Å². The van der Waals surface area contributed by atoms with Crippen molar-refractivity contribution in [1.82, 2.24) is 10.6 Å². The first kappa shape index (κ1) is 15.2. The number of carbonyl (C=O) groups is 3. The van der Waals surface area contributed by atoms with Crippen LogP contribution < -0.4 is 10.6 Å². The van der Waals surface area contributed by atoms with Gasteiger partial charge < -0.3 is 25.2 Å². The Labute approximate surface area is 110 Å². The Kier molecular flexibility index (Phi) is 6.07. The minimum Gasteiger partial charge on any atom is -0.480 e. The molecule has 1 saturated heterocycles. The first-order valence-corrected chi connectivity index (χ1v) is 5.98. The van der Waals surface area contributed by atoms with Crippen LogP contribution in [0.15, 0.2) is 0 Å². The Morgan fingerprint density at radius 3 is 2.74 bits per heavy atom. The van der Waals surface area contributed by atoms with Gasteiger partial charge in [-0.15, -0.1) is 0 Å². The summed E-state index contributed by atoms with van der Waals surface area (Å²) in [5, 5.41) is 13.6. The molecule has 8 heteroatoms. The molecule has 1 aliphatic heterocycles. The zero-order valence-corrected chi connectivity index (χ0v) is 10.7. The van der Waals surface area contributed by atoms with Crippen molar-refractivity contribution in [2.75, 3.05) is 20.3 Å². The number of aliphatic carboxylic acids is 1. The molecule has 1 heterocycles. The highest BCUT2D eigenvalue weighted by Gasteiger charge is 2.24. The SMILES string of the molecule is COC(=O)C[C@H](NC(=O)NCC1CCCO1)C(=O)O. The van der Waals surface area contributed by atoms with Gasteiger partial charge in [0, 0.05) is 13.2 Å². The molecule has 3 N–H and O–H groups in total. The van der Waals surface area contributed by atoms with Crippen molar-refractivity contribution in [1.29, 1.82) is 0 Å². The van der Waals surface area contributed by atoms with Gasteiger partial charge in [0.2, 0.25) is 0 Å². The first-order valence-electron chi connectivity index (χ1n) is 5.98. The summed E-state index contributed by atoms with van der Waals surface area (Å²) in [5.41, 5.74) is 0. The summed E-state index contributed by atoms with van der Waals surface area (Å²) in [6.45, 7) is 0.991. The molecule has 1 unspecified atom stereocenters. The number of methoxy groups -OCH3 is 1. The molecule has 1 fully saturated rings. The molecule has 0 aliphatic carbocycles. The number of ether oxygens (including phenoxy) is 2. The van der Waals surface area contributed by atoms with Crippen molar-refractivity contribution in [2.24, 2.45) is 0 Å². The number of esters is 1. The highest BCUT2D eigenvalue weighted by molar-refractivity contribution is 5.86. The summed E-state index contributed by atoms with van der Waals surface area (Å²) in [6, 6.07) is -1.95. The molecule has 1 aliphatic rings. The number of amides is 2. The summed E-state index contributed by atoms with van der Waals surface area (Å²) < 4.78 is 9.66. The number of hydrogen-bond acceptors (Lipinski definition) is 5. The maximum atomic E-state index is 11.5. The van der Waals surface area contributed by atoms with E-state index < -0.39 is 30.4 Å². The van der Waals surface area contributed by atoms with Crippen LogP contribution in [-0.2, 0) is 19.1 Å². The Balaban J connectivity index is 2.33. The van der Waals surface area contributed by atoms with E-state index in [1.165, 1.54) is 0 Å². The Bertz CT molecular complexity index is 340. The molecule has 2 amide bonds. The van der Waals surface area contributed by atoms with Gasteiger partial charge >= 0.3 is 18.0 Å². The first-order chi connectivity index (χ1) is 9.02. The summed E-state index contributed by atoms with van der Waals surface area (Å²) in [6.07, 6.45) is 1.37. The average Bonchev–Trinajstić information content (AvgIpc) is 2.88. The third-order valence-electron chi connectivity index (χ3n) is 2.72. The van der Waals surface area contributed by atoms with E-state index >= 15 is 0 Å². The Morgan fingerprint density at radius 2 is 2.21 bits per heavy atom. The van der Waals surface area contributed by atoms with E-state index in [4.69, 9.17) is 9.84 Å². The molecule has 0 aromatic carbocycles. The zero-order valence-electron chi connectivity index (χ0n) is 10.7. The van der Waals surface area contributed by atoms with Crippen LogP contribution in [0.1, 0.15) is 19.3 Å². The fourth-order valence-electron chi connectivity index (χ4n) is 1.67. The van der Waals surface area contributed by atoms with E-state index in [1.54, 1.807) is 0 Å². The van der Waals surface area contributed by atoms with Crippen molar-refractivity contribution in [2.45, 2.75) is 31.4 Å². The van der Waals surface area contributed by atoms with Gasteiger partial charge in [0.05, 0.1) is 19.6 Å². The molecule has 0 aromatic heterocycles. The van der Waals surface area contributed by atoms with Crippen LogP contribution >= 0.6 is 0 Å². The van der Waals surface area contributed by atoms with Crippen LogP contribution in [-0.4, -0.2) is 55.5 Å². The lowest BCUT2D eigenvalue weighted by Gasteiger charge is -2.15. The molecule has 0 saturated carbocycles. The third kappa shape index (κ3) is 5.56. The van der Waals surface area contributed by atoms with Crippen LogP contribution in [0.3, 0.4) is 0 Å². The molecular formula is C11H18N2O6. The summed E-state index contributed by atoms with van der Waals surface area (Å²) in [5.74, 6) is -2.00. The molecule has 0 radical (unpaired) electrons. The molecule has 0 spiro atoms. The van der Waals surface area contributed by atoms with Crippen LogP contribution in [0.4, 0.5) is 4.79 Å². The van der Waals surface area contributed by atoms with E-state index in [0.717, 1.165) is 20.0 Å². The van der Waals surface area contributed by atoms with Gasteiger partial charge in [0.25, 0.3) is 0 Å². The minimum absolute atomic E-state index is 0.0327. The summed E-state index contributed by atoms with van der Waals surface area (Å²) >= 11 is 0. The Hall–Kier alpha value is -1.83. The second kappa shape index (κ2) is 7.57. The van der Waals surface area contributed by atoms with Crippen molar-refractivity contribution in [3.05, 3.63) is 0 Å². The minimum atomic E-state index is -1.31. The van der Waals surface area contributed by atoms with E-state index in [-0.39, 0.29) is 6.10 Å². The fraction of sp³-hybridized carbons (Fsp3) is 0.727. The number of urea groups is 1. The number of carbonyl (C=O) groups excluding carboxylic acids is 2. The van der Waals surface area contributed by atoms with Gasteiger partial charge in [-0.05, 0) is 12.8 Å². The quantitative estimate of drug-likeness (QED) is 0.562. The predicted octanol–water partition coefficient (Wildman–Crippen LogP) is -0.519. The van der Waals surface area contributed by atoms with Gasteiger partial charge in [-0.25, -0.2) is 9.59 Å². The molecule has 1 rings (SSSR count). The lowest BCUT2D eigenvalue weighted by Crippen LogP contribution is -2.48. The molecule has 0 aromatic rings. The van der Waals surface area contributed by atoms with Crippen LogP contribution in [0.25, 0.3) is 0 Å². The molecule has 2 atom stereocenters. The van der Waals surface area contributed by atoms with Crippen molar-refractivity contribution in [3.8, 4) is 0 Å². The number of nitrogens with one attached hydrogen (secondary N) is 2. The molecular weight excluding hydrogens is 256 g/mol.